The van der Waals surface area contributed by atoms with E-state index in [9.17, 15) is 13.2 Å². The lowest BCUT2D eigenvalue weighted by Crippen LogP contribution is -2.12. The van der Waals surface area contributed by atoms with Gasteiger partial charge in [-0.3, -0.25) is 0 Å². The van der Waals surface area contributed by atoms with Gasteiger partial charge in [-0.1, -0.05) is 25.8 Å². The summed E-state index contributed by atoms with van der Waals surface area (Å²) < 4.78 is 38.4. The third-order valence-corrected chi connectivity index (χ3v) is 3.70. The summed E-state index contributed by atoms with van der Waals surface area (Å²) in [6.07, 6.45) is -1.07. The zero-order chi connectivity index (χ0) is 13.6. The van der Waals surface area contributed by atoms with Gasteiger partial charge in [-0.05, 0) is 29.9 Å². The average molecular weight is 277 g/mol. The second kappa shape index (κ2) is 7.04. The van der Waals surface area contributed by atoms with Crippen LogP contribution in [0.4, 0.5) is 13.2 Å². The summed E-state index contributed by atoms with van der Waals surface area (Å²) in [6.45, 7) is 2.01. The van der Waals surface area contributed by atoms with Crippen LogP contribution in [0.1, 0.15) is 37.3 Å². The highest BCUT2D eigenvalue weighted by Gasteiger charge is 2.33. The SMILES string of the molecule is CCCCCSc1ccc(CN)c(C(F)(F)F)c1. The molecule has 0 amide bonds. The molecule has 0 aliphatic carbocycles. The van der Waals surface area contributed by atoms with E-state index in [1.807, 2.05) is 0 Å². The zero-order valence-electron chi connectivity index (χ0n) is 10.4. The Morgan fingerprint density at radius 1 is 1.22 bits per heavy atom. The van der Waals surface area contributed by atoms with E-state index < -0.39 is 11.7 Å². The Labute approximate surface area is 110 Å². The molecule has 0 heterocycles. The molecular weight excluding hydrogens is 259 g/mol. The number of hydrogen-bond acceptors (Lipinski definition) is 2. The molecule has 2 N–H and O–H groups in total. The molecule has 0 bridgehead atoms. The van der Waals surface area contributed by atoms with Crippen molar-refractivity contribution < 1.29 is 13.2 Å². The van der Waals surface area contributed by atoms with Crippen LogP contribution in [-0.4, -0.2) is 5.75 Å². The topological polar surface area (TPSA) is 26.0 Å². The second-order valence-corrected chi connectivity index (χ2v) is 5.24. The molecule has 0 spiro atoms. The van der Waals surface area contributed by atoms with Crippen molar-refractivity contribution in [3.8, 4) is 0 Å². The van der Waals surface area contributed by atoms with Crippen molar-refractivity contribution in [2.24, 2.45) is 5.73 Å². The Balaban J connectivity index is 2.77. The van der Waals surface area contributed by atoms with Gasteiger partial charge in [-0.2, -0.15) is 13.2 Å². The Hall–Kier alpha value is -0.680. The summed E-state index contributed by atoms with van der Waals surface area (Å²) in [5.74, 6) is 0.854. The molecule has 102 valence electrons. The standard InChI is InChI=1S/C13H18F3NS/c1-2-3-4-7-18-11-6-5-10(9-17)12(8-11)13(14,15)16/h5-6,8H,2-4,7,9,17H2,1H3. The van der Waals surface area contributed by atoms with Gasteiger partial charge in [-0.15, -0.1) is 11.8 Å². The highest BCUT2D eigenvalue weighted by molar-refractivity contribution is 7.99. The van der Waals surface area contributed by atoms with Gasteiger partial charge in [0.25, 0.3) is 0 Å². The Morgan fingerprint density at radius 2 is 1.94 bits per heavy atom. The fraction of sp³-hybridized carbons (Fsp3) is 0.538. The summed E-state index contributed by atoms with van der Waals surface area (Å²) in [5, 5.41) is 0. The van der Waals surface area contributed by atoms with E-state index in [0.717, 1.165) is 25.0 Å². The maximum absolute atomic E-state index is 12.8. The molecule has 1 aromatic carbocycles. The highest BCUT2D eigenvalue weighted by atomic mass is 32.2. The number of nitrogens with two attached hydrogens (primary N) is 1. The lowest BCUT2D eigenvalue weighted by atomic mass is 10.1. The summed E-state index contributed by atoms with van der Waals surface area (Å²) in [5.41, 5.74) is 4.88. The lowest BCUT2D eigenvalue weighted by Gasteiger charge is -2.13. The summed E-state index contributed by atoms with van der Waals surface area (Å²) >= 11 is 1.47. The molecule has 1 rings (SSSR count). The molecule has 0 saturated carbocycles. The van der Waals surface area contributed by atoms with Crippen LogP contribution in [0, 0.1) is 0 Å². The largest absolute Gasteiger partial charge is 0.416 e. The number of benzene rings is 1. The quantitative estimate of drug-likeness (QED) is 0.614. The third kappa shape index (κ3) is 4.53. The van der Waals surface area contributed by atoms with Crippen molar-refractivity contribution in [3.05, 3.63) is 29.3 Å². The van der Waals surface area contributed by atoms with Gasteiger partial charge < -0.3 is 5.73 Å². The minimum Gasteiger partial charge on any atom is -0.326 e. The first-order chi connectivity index (χ1) is 8.49. The molecule has 0 fully saturated rings. The molecule has 5 heteroatoms. The van der Waals surface area contributed by atoms with E-state index in [-0.39, 0.29) is 12.1 Å². The summed E-state index contributed by atoms with van der Waals surface area (Å²) in [6, 6.07) is 4.40. The average Bonchev–Trinajstić information content (AvgIpc) is 2.33. The Bertz CT molecular complexity index is 377. The van der Waals surface area contributed by atoms with E-state index in [4.69, 9.17) is 5.73 Å². The van der Waals surface area contributed by atoms with Gasteiger partial charge >= 0.3 is 6.18 Å². The van der Waals surface area contributed by atoms with E-state index >= 15 is 0 Å². The van der Waals surface area contributed by atoms with Crippen LogP contribution >= 0.6 is 11.8 Å². The minimum atomic E-state index is -4.32. The van der Waals surface area contributed by atoms with Crippen molar-refractivity contribution in [1.82, 2.24) is 0 Å². The first-order valence-electron chi connectivity index (χ1n) is 6.02. The van der Waals surface area contributed by atoms with Gasteiger partial charge in [-0.25, -0.2) is 0 Å². The first-order valence-corrected chi connectivity index (χ1v) is 7.00. The van der Waals surface area contributed by atoms with E-state index in [2.05, 4.69) is 6.92 Å². The van der Waals surface area contributed by atoms with Crippen molar-refractivity contribution >= 4 is 11.8 Å². The van der Waals surface area contributed by atoms with Crippen molar-refractivity contribution in [3.63, 3.8) is 0 Å². The fourth-order valence-corrected chi connectivity index (χ4v) is 2.58. The fourth-order valence-electron chi connectivity index (χ4n) is 1.63. The van der Waals surface area contributed by atoms with Gasteiger partial charge in [0.1, 0.15) is 0 Å². The van der Waals surface area contributed by atoms with Crippen LogP contribution in [0.5, 0.6) is 0 Å². The molecule has 0 aromatic heterocycles. The smallest absolute Gasteiger partial charge is 0.326 e. The second-order valence-electron chi connectivity index (χ2n) is 4.08. The zero-order valence-corrected chi connectivity index (χ0v) is 11.2. The molecule has 0 radical (unpaired) electrons. The van der Waals surface area contributed by atoms with E-state index in [0.29, 0.717) is 4.90 Å². The molecule has 1 nitrogen and oxygen atoms in total. The molecule has 0 saturated heterocycles. The van der Waals surface area contributed by atoms with Crippen LogP contribution < -0.4 is 5.73 Å². The number of rotatable bonds is 6. The van der Waals surface area contributed by atoms with E-state index in [1.54, 1.807) is 6.07 Å². The van der Waals surface area contributed by atoms with Gasteiger partial charge in [0.2, 0.25) is 0 Å². The normalized spacial score (nSPS) is 11.8. The number of thioether (sulfide) groups is 1. The van der Waals surface area contributed by atoms with Gasteiger partial charge in [0, 0.05) is 11.4 Å². The van der Waals surface area contributed by atoms with Crippen LogP contribution in [-0.2, 0) is 12.7 Å². The predicted molar refractivity (Wildman–Crippen MR) is 69.6 cm³/mol. The molecule has 0 aliphatic heterocycles. The van der Waals surface area contributed by atoms with E-state index in [1.165, 1.54) is 23.9 Å². The number of hydrogen-bond donors (Lipinski definition) is 1. The molecule has 18 heavy (non-hydrogen) atoms. The minimum absolute atomic E-state index is 0.0877. The van der Waals surface area contributed by atoms with Gasteiger partial charge in [0.05, 0.1) is 5.56 Å². The number of halogens is 3. The Morgan fingerprint density at radius 3 is 2.50 bits per heavy atom. The molecule has 0 aliphatic rings. The number of alkyl halides is 3. The van der Waals surface area contributed by atoms with Crippen LogP contribution in [0.25, 0.3) is 0 Å². The molecular formula is C13H18F3NS. The molecule has 1 aromatic rings. The predicted octanol–water partition coefficient (Wildman–Crippen LogP) is 4.45. The summed E-state index contributed by atoms with van der Waals surface area (Å²) in [4.78, 5) is 0.663. The monoisotopic (exact) mass is 277 g/mol. The molecule has 0 atom stereocenters. The first kappa shape index (κ1) is 15.4. The maximum atomic E-state index is 12.8. The van der Waals surface area contributed by atoms with Crippen molar-refractivity contribution in [2.45, 2.75) is 43.8 Å². The van der Waals surface area contributed by atoms with Crippen LogP contribution in [0.3, 0.4) is 0 Å². The lowest BCUT2D eigenvalue weighted by molar-refractivity contribution is -0.138. The van der Waals surface area contributed by atoms with Crippen molar-refractivity contribution in [1.29, 1.82) is 0 Å². The van der Waals surface area contributed by atoms with Crippen molar-refractivity contribution in [2.75, 3.05) is 5.75 Å². The summed E-state index contributed by atoms with van der Waals surface area (Å²) in [7, 11) is 0. The Kier molecular flexibility index (Phi) is 6.02. The number of unbranched alkanes of at least 4 members (excludes halogenated alkanes) is 2. The maximum Gasteiger partial charge on any atom is 0.416 e. The van der Waals surface area contributed by atoms with Crippen LogP contribution in [0.2, 0.25) is 0 Å². The van der Waals surface area contributed by atoms with Gasteiger partial charge in [0.15, 0.2) is 0 Å². The third-order valence-electron chi connectivity index (χ3n) is 2.62. The highest BCUT2D eigenvalue weighted by Crippen LogP contribution is 2.34. The molecule has 0 unspecified atom stereocenters. The van der Waals surface area contributed by atoms with Crippen LogP contribution in [0.15, 0.2) is 23.1 Å².